The molecule has 0 aromatic carbocycles. The van der Waals surface area contributed by atoms with E-state index < -0.39 is 5.91 Å². The highest BCUT2D eigenvalue weighted by Crippen LogP contribution is 2.49. The molecule has 0 bridgehead atoms. The van der Waals surface area contributed by atoms with E-state index >= 15 is 0 Å². The highest BCUT2D eigenvalue weighted by molar-refractivity contribution is 5.96. The second-order valence-corrected chi connectivity index (χ2v) is 7.26. The number of hydrogen-bond acceptors (Lipinski definition) is 6. The summed E-state index contributed by atoms with van der Waals surface area (Å²) < 4.78 is 0. The maximum atomic E-state index is 12.5. The molecule has 2 aromatic heterocycles. The van der Waals surface area contributed by atoms with E-state index in [2.05, 4.69) is 27.2 Å². The van der Waals surface area contributed by atoms with E-state index in [0.717, 1.165) is 24.1 Å². The van der Waals surface area contributed by atoms with Crippen molar-refractivity contribution in [3.8, 4) is 0 Å². The lowest BCUT2D eigenvalue weighted by Gasteiger charge is -2.45. The number of aromatic nitrogens is 3. The van der Waals surface area contributed by atoms with Gasteiger partial charge in [0, 0.05) is 36.8 Å². The SMILES string of the molecule is CC(=O)N1c2cnc(C(N)=O)cc2C(Nc2ncccn2)[C@@H](C)[C@@H]1C1CC1. The zero-order valence-electron chi connectivity index (χ0n) is 15.3. The molecule has 8 nitrogen and oxygen atoms in total. The van der Waals surface area contributed by atoms with Crippen molar-refractivity contribution in [1.82, 2.24) is 15.0 Å². The zero-order chi connectivity index (χ0) is 19.1. The van der Waals surface area contributed by atoms with Crippen molar-refractivity contribution in [3.05, 3.63) is 42.0 Å². The minimum Gasteiger partial charge on any atom is -0.364 e. The van der Waals surface area contributed by atoms with Gasteiger partial charge in [-0.3, -0.25) is 9.59 Å². The van der Waals surface area contributed by atoms with Gasteiger partial charge in [-0.2, -0.15) is 0 Å². The summed E-state index contributed by atoms with van der Waals surface area (Å²) in [5.41, 5.74) is 7.14. The largest absolute Gasteiger partial charge is 0.364 e. The van der Waals surface area contributed by atoms with Crippen LogP contribution in [0.2, 0.25) is 0 Å². The van der Waals surface area contributed by atoms with E-state index in [1.165, 1.54) is 0 Å². The molecule has 2 amide bonds. The number of nitrogens with one attached hydrogen (secondary N) is 1. The molecule has 0 spiro atoms. The van der Waals surface area contributed by atoms with Crippen LogP contribution in [0.25, 0.3) is 0 Å². The van der Waals surface area contributed by atoms with Crippen LogP contribution in [0.1, 0.15) is 48.8 Å². The Balaban J connectivity index is 1.84. The average molecular weight is 366 g/mol. The smallest absolute Gasteiger partial charge is 0.267 e. The third-order valence-corrected chi connectivity index (χ3v) is 5.42. The second kappa shape index (κ2) is 6.61. The molecular weight excluding hydrogens is 344 g/mol. The molecule has 4 rings (SSSR count). The highest BCUT2D eigenvalue weighted by Gasteiger charge is 2.48. The number of nitrogens with two attached hydrogens (primary N) is 1. The number of anilines is 2. The number of primary amides is 1. The normalized spacial score (nSPS) is 24.2. The summed E-state index contributed by atoms with van der Waals surface area (Å²) >= 11 is 0. The van der Waals surface area contributed by atoms with Crippen molar-refractivity contribution >= 4 is 23.5 Å². The summed E-state index contributed by atoms with van der Waals surface area (Å²) in [5, 5.41) is 3.38. The first-order valence-electron chi connectivity index (χ1n) is 9.10. The Morgan fingerprint density at radius 3 is 2.52 bits per heavy atom. The fourth-order valence-corrected chi connectivity index (χ4v) is 4.10. The zero-order valence-corrected chi connectivity index (χ0v) is 15.3. The first-order chi connectivity index (χ1) is 13.0. The van der Waals surface area contributed by atoms with Crippen LogP contribution in [0.5, 0.6) is 0 Å². The van der Waals surface area contributed by atoms with Crippen molar-refractivity contribution in [2.24, 2.45) is 17.6 Å². The van der Waals surface area contributed by atoms with Gasteiger partial charge in [0.15, 0.2) is 0 Å². The van der Waals surface area contributed by atoms with Gasteiger partial charge in [0.25, 0.3) is 5.91 Å². The van der Waals surface area contributed by atoms with Crippen molar-refractivity contribution in [3.63, 3.8) is 0 Å². The predicted molar refractivity (Wildman–Crippen MR) is 100.0 cm³/mol. The molecule has 0 radical (unpaired) electrons. The third-order valence-electron chi connectivity index (χ3n) is 5.42. The van der Waals surface area contributed by atoms with Crippen molar-refractivity contribution in [2.45, 2.75) is 38.8 Å². The number of fused-ring (bicyclic) bond motifs is 1. The van der Waals surface area contributed by atoms with Crippen LogP contribution in [0.4, 0.5) is 11.6 Å². The van der Waals surface area contributed by atoms with E-state index in [0.29, 0.717) is 11.9 Å². The minimum absolute atomic E-state index is 0.0250. The summed E-state index contributed by atoms with van der Waals surface area (Å²) in [6, 6.07) is 3.33. The molecule has 2 aromatic rings. The summed E-state index contributed by atoms with van der Waals surface area (Å²) in [7, 11) is 0. The molecule has 1 fully saturated rings. The van der Waals surface area contributed by atoms with Gasteiger partial charge in [-0.05, 0) is 30.9 Å². The number of carbonyl (C=O) groups excluding carboxylic acids is 2. The summed E-state index contributed by atoms with van der Waals surface area (Å²) in [6.45, 7) is 3.69. The molecule has 1 saturated carbocycles. The topological polar surface area (TPSA) is 114 Å². The Labute approximate surface area is 157 Å². The Bertz CT molecular complexity index is 883. The monoisotopic (exact) mass is 366 g/mol. The lowest BCUT2D eigenvalue weighted by Crippen LogP contribution is -2.51. The highest BCUT2D eigenvalue weighted by atomic mass is 16.2. The molecule has 1 aliphatic heterocycles. The number of rotatable bonds is 4. The number of carbonyl (C=O) groups is 2. The molecule has 3 heterocycles. The molecule has 140 valence electrons. The van der Waals surface area contributed by atoms with Crippen LogP contribution in [-0.2, 0) is 4.79 Å². The third kappa shape index (κ3) is 3.11. The molecule has 8 heteroatoms. The Morgan fingerprint density at radius 1 is 1.22 bits per heavy atom. The van der Waals surface area contributed by atoms with Crippen LogP contribution in [-0.4, -0.2) is 32.8 Å². The van der Waals surface area contributed by atoms with Gasteiger partial charge in [-0.1, -0.05) is 6.92 Å². The molecule has 27 heavy (non-hydrogen) atoms. The molecule has 2 aliphatic rings. The van der Waals surface area contributed by atoms with Gasteiger partial charge in [0.1, 0.15) is 5.69 Å². The standard InChI is InChI=1S/C19H22N6O2/c1-10-16(24-19-21-6-3-7-22-19)13-8-14(18(20)27)23-9-15(13)25(11(2)26)17(10)12-4-5-12/h3,6-10,12,16-17H,4-5H2,1-2H3,(H2,20,27)(H,21,22,24)/t10-,16?,17-/m1/s1. The Kier molecular flexibility index (Phi) is 4.25. The molecular formula is C19H22N6O2. The van der Waals surface area contributed by atoms with Crippen molar-refractivity contribution < 1.29 is 9.59 Å². The van der Waals surface area contributed by atoms with Gasteiger partial charge in [0.05, 0.1) is 17.9 Å². The molecule has 0 saturated heterocycles. The van der Waals surface area contributed by atoms with E-state index in [1.54, 1.807) is 37.6 Å². The van der Waals surface area contributed by atoms with E-state index in [1.807, 2.05) is 4.90 Å². The minimum atomic E-state index is -0.598. The van der Waals surface area contributed by atoms with E-state index in [4.69, 9.17) is 5.73 Å². The van der Waals surface area contributed by atoms with Crippen molar-refractivity contribution in [1.29, 1.82) is 0 Å². The van der Waals surface area contributed by atoms with E-state index in [-0.39, 0.29) is 29.6 Å². The fraction of sp³-hybridized carbons (Fsp3) is 0.421. The number of hydrogen-bond donors (Lipinski definition) is 2. The van der Waals surface area contributed by atoms with Gasteiger partial charge in [-0.15, -0.1) is 0 Å². The molecule has 1 unspecified atom stereocenters. The fourth-order valence-electron chi connectivity index (χ4n) is 4.10. The van der Waals surface area contributed by atoms with Crippen LogP contribution < -0.4 is 16.0 Å². The van der Waals surface area contributed by atoms with Crippen LogP contribution >= 0.6 is 0 Å². The van der Waals surface area contributed by atoms with E-state index in [9.17, 15) is 9.59 Å². The first-order valence-corrected chi connectivity index (χ1v) is 9.10. The average Bonchev–Trinajstić information content (AvgIpc) is 3.48. The second-order valence-electron chi connectivity index (χ2n) is 7.26. The summed E-state index contributed by atoms with van der Waals surface area (Å²) in [6.07, 6.45) is 7.14. The Morgan fingerprint density at radius 2 is 1.93 bits per heavy atom. The van der Waals surface area contributed by atoms with Gasteiger partial charge >= 0.3 is 0 Å². The van der Waals surface area contributed by atoms with Crippen LogP contribution in [0, 0.1) is 11.8 Å². The number of amides is 2. The number of pyridine rings is 1. The summed E-state index contributed by atoms with van der Waals surface area (Å²) in [5.74, 6) is 0.445. The van der Waals surface area contributed by atoms with Gasteiger partial charge < -0.3 is 16.0 Å². The van der Waals surface area contributed by atoms with Crippen LogP contribution in [0.3, 0.4) is 0 Å². The maximum absolute atomic E-state index is 12.5. The predicted octanol–water partition coefficient (Wildman–Crippen LogP) is 1.90. The van der Waals surface area contributed by atoms with Crippen LogP contribution in [0.15, 0.2) is 30.7 Å². The quantitative estimate of drug-likeness (QED) is 0.854. The van der Waals surface area contributed by atoms with Gasteiger partial charge in [-0.25, -0.2) is 15.0 Å². The maximum Gasteiger partial charge on any atom is 0.267 e. The Hall–Kier alpha value is -3.03. The molecule has 3 atom stereocenters. The van der Waals surface area contributed by atoms with Gasteiger partial charge in [0.2, 0.25) is 11.9 Å². The molecule has 1 aliphatic carbocycles. The van der Waals surface area contributed by atoms with Crippen molar-refractivity contribution in [2.75, 3.05) is 10.2 Å². The first kappa shape index (κ1) is 17.4. The summed E-state index contributed by atoms with van der Waals surface area (Å²) in [4.78, 5) is 38.7. The lowest BCUT2D eigenvalue weighted by atomic mass is 9.80. The lowest BCUT2D eigenvalue weighted by molar-refractivity contribution is -0.117. The molecule has 3 N–H and O–H groups in total. The number of nitrogens with zero attached hydrogens (tertiary/aromatic N) is 4.